The smallest absolute Gasteiger partial charge is 0.326 e. The summed E-state index contributed by atoms with van der Waals surface area (Å²) in [7, 11) is 0. The Kier molecular flexibility index (Phi) is 12.1. The van der Waals surface area contributed by atoms with E-state index >= 15 is 0 Å². The minimum Gasteiger partial charge on any atom is -0.480 e. The van der Waals surface area contributed by atoms with Crippen molar-refractivity contribution in [3.63, 3.8) is 0 Å². The number of aliphatic carboxylic acids is 1. The number of benzene rings is 1. The second-order valence-electron chi connectivity index (χ2n) is 9.49. The largest absolute Gasteiger partial charge is 0.480 e. The van der Waals surface area contributed by atoms with Crippen LogP contribution in [-0.4, -0.2) is 76.2 Å². The van der Waals surface area contributed by atoms with Crippen LogP contribution in [-0.2, 0) is 25.6 Å². The van der Waals surface area contributed by atoms with Crippen molar-refractivity contribution in [3.8, 4) is 0 Å². The highest BCUT2D eigenvalue weighted by atomic mass is 32.1. The Morgan fingerprint density at radius 2 is 1.69 bits per heavy atom. The Morgan fingerprint density at radius 1 is 1.03 bits per heavy atom. The highest BCUT2D eigenvalue weighted by Gasteiger charge is 2.32. The number of H-pyrrole nitrogens is 1. The second kappa shape index (κ2) is 15.0. The third-order valence-corrected chi connectivity index (χ3v) is 6.47. The van der Waals surface area contributed by atoms with Crippen molar-refractivity contribution in [1.29, 1.82) is 0 Å². The number of rotatable bonds is 15. The predicted molar refractivity (Wildman–Crippen MR) is 152 cm³/mol. The average molecular weight is 563 g/mol. The van der Waals surface area contributed by atoms with Gasteiger partial charge in [0.1, 0.15) is 18.1 Å². The van der Waals surface area contributed by atoms with Gasteiger partial charge in [-0.3, -0.25) is 19.4 Å². The molecule has 3 amide bonds. The number of carbonyl (C=O) groups excluding carboxylic acids is 3. The number of carboxylic acids is 1. The molecule has 0 aliphatic heterocycles. The standard InChI is InChI=1S/C25H38N8O5S/c1-13(2)20(33-22(35)18(8-5-9-29-25(27)28)31-21(34)16(26)12-39)23(36)32-19(24(37)38)10-14-11-30-17-7-4-3-6-15(14)17/h3-4,6-7,11,13,16,18-20,30,39H,5,8-10,12,26H2,1-2H3,(H,31,34)(H,32,36)(H,33,35)(H,37,38)(H4,27,28,29). The number of aromatic amines is 1. The van der Waals surface area contributed by atoms with Crippen molar-refractivity contribution in [2.75, 3.05) is 12.3 Å². The van der Waals surface area contributed by atoms with Crippen LogP contribution in [0.25, 0.3) is 10.9 Å². The molecule has 2 rings (SSSR count). The van der Waals surface area contributed by atoms with Crippen molar-refractivity contribution < 1.29 is 24.3 Å². The van der Waals surface area contributed by atoms with E-state index in [1.165, 1.54) is 0 Å². The number of nitrogens with two attached hydrogens (primary N) is 3. The van der Waals surface area contributed by atoms with Gasteiger partial charge in [-0.25, -0.2) is 4.79 Å². The molecule has 214 valence electrons. The Morgan fingerprint density at radius 3 is 2.31 bits per heavy atom. The van der Waals surface area contributed by atoms with E-state index in [0.717, 1.165) is 16.5 Å². The van der Waals surface area contributed by atoms with Crippen molar-refractivity contribution in [1.82, 2.24) is 20.9 Å². The topological polar surface area (TPSA) is 231 Å². The number of aromatic nitrogens is 1. The van der Waals surface area contributed by atoms with E-state index in [-0.39, 0.29) is 31.1 Å². The van der Waals surface area contributed by atoms with Gasteiger partial charge < -0.3 is 43.2 Å². The highest BCUT2D eigenvalue weighted by Crippen LogP contribution is 2.19. The summed E-state index contributed by atoms with van der Waals surface area (Å²) < 4.78 is 0. The number of nitrogens with zero attached hydrogens (tertiary/aromatic N) is 1. The molecule has 4 unspecified atom stereocenters. The van der Waals surface area contributed by atoms with Crippen LogP contribution in [0.15, 0.2) is 35.5 Å². The third kappa shape index (κ3) is 9.48. The van der Waals surface area contributed by atoms with Gasteiger partial charge in [-0.15, -0.1) is 0 Å². The van der Waals surface area contributed by atoms with Gasteiger partial charge in [0.15, 0.2) is 5.96 Å². The van der Waals surface area contributed by atoms with Gasteiger partial charge in [-0.1, -0.05) is 32.0 Å². The number of amides is 3. The number of nitrogens with one attached hydrogen (secondary N) is 4. The number of carbonyl (C=O) groups is 4. The maximum absolute atomic E-state index is 13.2. The second-order valence-corrected chi connectivity index (χ2v) is 9.86. The van der Waals surface area contributed by atoms with E-state index in [9.17, 15) is 24.3 Å². The molecule has 0 aliphatic rings. The summed E-state index contributed by atoms with van der Waals surface area (Å²) in [5, 5.41) is 18.4. The fraction of sp³-hybridized carbons (Fsp3) is 0.480. The molecule has 2 aromatic rings. The summed E-state index contributed by atoms with van der Waals surface area (Å²) in [5.41, 5.74) is 18.0. The number of carboxylic acid groups (broad SMARTS) is 1. The minimum atomic E-state index is -1.24. The monoisotopic (exact) mass is 562 g/mol. The SMILES string of the molecule is CC(C)C(NC(=O)C(CCCN=C(N)N)NC(=O)C(N)CS)C(=O)NC(Cc1c[nH]c2ccccc12)C(=O)O. The quantitative estimate of drug-likeness (QED) is 0.0577. The maximum atomic E-state index is 13.2. The molecule has 39 heavy (non-hydrogen) atoms. The Bertz CT molecular complexity index is 1180. The first kappa shape index (κ1) is 31.4. The molecule has 11 N–H and O–H groups in total. The van der Waals surface area contributed by atoms with Crippen LogP contribution >= 0.6 is 12.6 Å². The van der Waals surface area contributed by atoms with Gasteiger partial charge in [0, 0.05) is 35.8 Å². The zero-order chi connectivity index (χ0) is 29.1. The van der Waals surface area contributed by atoms with Gasteiger partial charge in [0.2, 0.25) is 17.7 Å². The van der Waals surface area contributed by atoms with Crippen molar-refractivity contribution in [2.45, 2.75) is 57.3 Å². The lowest BCUT2D eigenvalue weighted by atomic mass is 10.00. The number of fused-ring (bicyclic) bond motifs is 1. The first-order chi connectivity index (χ1) is 18.4. The van der Waals surface area contributed by atoms with Gasteiger partial charge in [-0.2, -0.15) is 12.6 Å². The van der Waals surface area contributed by atoms with E-state index < -0.39 is 53.8 Å². The molecule has 0 spiro atoms. The molecule has 14 heteroatoms. The normalized spacial score (nSPS) is 14.2. The van der Waals surface area contributed by atoms with Gasteiger partial charge >= 0.3 is 5.97 Å². The number of para-hydroxylation sites is 1. The molecule has 1 aromatic heterocycles. The molecule has 0 aliphatic carbocycles. The van der Waals surface area contributed by atoms with Crippen molar-refractivity contribution in [2.24, 2.45) is 28.1 Å². The third-order valence-electron chi connectivity index (χ3n) is 6.07. The van der Waals surface area contributed by atoms with E-state index in [4.69, 9.17) is 17.2 Å². The Hall–Kier alpha value is -3.78. The lowest BCUT2D eigenvalue weighted by Gasteiger charge is -2.27. The van der Waals surface area contributed by atoms with Crippen molar-refractivity contribution in [3.05, 3.63) is 36.0 Å². The number of aliphatic imine (C=N–C) groups is 1. The molecule has 1 aromatic carbocycles. The molecule has 0 radical (unpaired) electrons. The van der Waals surface area contributed by atoms with Crippen LogP contribution in [0.1, 0.15) is 32.3 Å². The zero-order valence-electron chi connectivity index (χ0n) is 22.0. The van der Waals surface area contributed by atoms with E-state index in [2.05, 4.69) is 38.6 Å². The van der Waals surface area contributed by atoms with Crippen LogP contribution in [0.2, 0.25) is 0 Å². The minimum absolute atomic E-state index is 0.0366. The molecule has 13 nitrogen and oxygen atoms in total. The van der Waals surface area contributed by atoms with Crippen LogP contribution in [0, 0.1) is 5.92 Å². The number of guanidine groups is 1. The molecule has 0 saturated heterocycles. The zero-order valence-corrected chi connectivity index (χ0v) is 22.9. The molecule has 0 bridgehead atoms. The molecular formula is C25H38N8O5S. The molecule has 0 fully saturated rings. The summed E-state index contributed by atoms with van der Waals surface area (Å²) in [6, 6.07) is 3.15. The molecule has 1 heterocycles. The molecular weight excluding hydrogens is 524 g/mol. The van der Waals surface area contributed by atoms with Crippen LogP contribution in [0.3, 0.4) is 0 Å². The van der Waals surface area contributed by atoms with Crippen LogP contribution in [0.5, 0.6) is 0 Å². The van der Waals surface area contributed by atoms with Crippen molar-refractivity contribution >= 4 is 53.2 Å². The lowest BCUT2D eigenvalue weighted by Crippen LogP contribution is -2.58. The fourth-order valence-electron chi connectivity index (χ4n) is 3.90. The summed E-state index contributed by atoms with van der Waals surface area (Å²) in [6.07, 6.45) is 2.27. The van der Waals surface area contributed by atoms with E-state index in [0.29, 0.717) is 6.42 Å². The average Bonchev–Trinajstić information content (AvgIpc) is 3.30. The number of thiol groups is 1. The van der Waals surface area contributed by atoms with Crippen LogP contribution < -0.4 is 33.2 Å². The molecule has 0 saturated carbocycles. The summed E-state index contributed by atoms with van der Waals surface area (Å²) in [6.45, 7) is 3.65. The van der Waals surface area contributed by atoms with Gasteiger partial charge in [0.25, 0.3) is 0 Å². The predicted octanol–water partition coefficient (Wildman–Crippen LogP) is -0.784. The van der Waals surface area contributed by atoms with E-state index in [1.54, 1.807) is 20.0 Å². The Labute approximate surface area is 232 Å². The van der Waals surface area contributed by atoms with Gasteiger partial charge in [-0.05, 0) is 30.4 Å². The summed E-state index contributed by atoms with van der Waals surface area (Å²) >= 11 is 4.01. The number of hydrogen-bond donors (Lipinski definition) is 9. The summed E-state index contributed by atoms with van der Waals surface area (Å²) in [5.74, 6) is -3.52. The van der Waals surface area contributed by atoms with Crippen LogP contribution in [0.4, 0.5) is 0 Å². The summed E-state index contributed by atoms with van der Waals surface area (Å²) in [4.78, 5) is 57.7. The molecule has 4 atom stereocenters. The number of hydrogen-bond acceptors (Lipinski definition) is 7. The highest BCUT2D eigenvalue weighted by molar-refractivity contribution is 7.80. The first-order valence-electron chi connectivity index (χ1n) is 12.5. The fourth-order valence-corrected chi connectivity index (χ4v) is 4.07. The lowest BCUT2D eigenvalue weighted by molar-refractivity contribution is -0.142. The Balaban J connectivity index is 2.15. The first-order valence-corrected chi connectivity index (χ1v) is 13.2. The maximum Gasteiger partial charge on any atom is 0.326 e. The van der Waals surface area contributed by atoms with E-state index in [1.807, 2.05) is 24.3 Å². The van der Waals surface area contributed by atoms with Gasteiger partial charge in [0.05, 0.1) is 6.04 Å².